The monoisotopic (exact) mass is 430 g/mol. The topological polar surface area (TPSA) is 49.4 Å². The van der Waals surface area contributed by atoms with Crippen LogP contribution in [0.2, 0.25) is 0 Å². The number of nitrogens with zero attached hydrogens (tertiary/aromatic N) is 1. The molecule has 1 heterocycles. The fourth-order valence-electron chi connectivity index (χ4n) is 2.53. The first-order valence-corrected chi connectivity index (χ1v) is 9.90. The smallest absolute Gasteiger partial charge is 0.295 e. The molecule has 1 fully saturated rings. The molecule has 0 atom stereocenters. The molecule has 26 heavy (non-hydrogen) atoms. The highest BCUT2D eigenvalue weighted by molar-refractivity contribution is 9.10. The highest BCUT2D eigenvalue weighted by Crippen LogP contribution is 2.32. The molecule has 1 aliphatic heterocycles. The van der Waals surface area contributed by atoms with Crippen molar-refractivity contribution in [1.82, 2.24) is 4.90 Å². The lowest BCUT2D eigenvalue weighted by Crippen LogP contribution is -2.33. The van der Waals surface area contributed by atoms with Crippen LogP contribution in [0.25, 0.3) is 6.08 Å². The zero-order valence-corrected chi connectivity index (χ0v) is 16.9. The van der Waals surface area contributed by atoms with Gasteiger partial charge < -0.3 is 5.32 Å². The van der Waals surface area contributed by atoms with E-state index in [1.54, 1.807) is 6.08 Å². The number of hydrogen-bond acceptors (Lipinski definition) is 4. The molecule has 3 rings (SSSR count). The minimum absolute atomic E-state index is 0.144. The number of benzene rings is 2. The molecule has 134 valence electrons. The Morgan fingerprint density at radius 2 is 1.88 bits per heavy atom. The largest absolute Gasteiger partial charge is 0.367 e. The van der Waals surface area contributed by atoms with E-state index in [1.807, 2.05) is 36.4 Å². The Balaban J connectivity index is 1.69. The number of anilines is 1. The van der Waals surface area contributed by atoms with Crippen LogP contribution in [0.3, 0.4) is 0 Å². The van der Waals surface area contributed by atoms with Crippen molar-refractivity contribution in [2.24, 2.45) is 0 Å². The summed E-state index contributed by atoms with van der Waals surface area (Å²) in [5.41, 5.74) is 3.00. The van der Waals surface area contributed by atoms with Crippen molar-refractivity contribution in [3.63, 3.8) is 0 Å². The quantitative estimate of drug-likeness (QED) is 0.619. The second kappa shape index (κ2) is 8.10. The molecule has 2 amide bonds. The van der Waals surface area contributed by atoms with Gasteiger partial charge in [0.25, 0.3) is 11.1 Å². The number of carbonyl (C=O) groups excluding carboxylic acids is 2. The number of carbonyl (C=O) groups is 2. The molecule has 0 aromatic heterocycles. The molecule has 1 aliphatic rings. The summed E-state index contributed by atoms with van der Waals surface area (Å²) in [7, 11) is 0. The van der Waals surface area contributed by atoms with Crippen LogP contribution < -0.4 is 5.32 Å². The first-order chi connectivity index (χ1) is 12.4. The maximum Gasteiger partial charge on any atom is 0.295 e. The third kappa shape index (κ3) is 4.37. The third-order valence-corrected chi connectivity index (χ3v) is 5.44. The number of thioether (sulfide) groups is 1. The van der Waals surface area contributed by atoms with Crippen molar-refractivity contribution in [3.8, 4) is 0 Å². The maximum atomic E-state index is 12.6. The molecule has 1 saturated heterocycles. The first kappa shape index (κ1) is 18.7. The van der Waals surface area contributed by atoms with E-state index in [4.69, 9.17) is 0 Å². The van der Waals surface area contributed by atoms with Crippen molar-refractivity contribution < 1.29 is 9.59 Å². The van der Waals surface area contributed by atoms with Gasteiger partial charge >= 0.3 is 0 Å². The predicted molar refractivity (Wildman–Crippen MR) is 111 cm³/mol. The van der Waals surface area contributed by atoms with E-state index < -0.39 is 0 Å². The molecule has 2 aromatic rings. The molecule has 0 unspecified atom stereocenters. The maximum absolute atomic E-state index is 12.6. The van der Waals surface area contributed by atoms with Crippen molar-refractivity contribution in [1.29, 1.82) is 0 Å². The first-order valence-electron chi connectivity index (χ1n) is 8.29. The molecule has 0 saturated carbocycles. The second-order valence-corrected chi connectivity index (χ2v) is 8.19. The molecule has 0 aliphatic carbocycles. The summed E-state index contributed by atoms with van der Waals surface area (Å²) in [5, 5.41) is 2.84. The van der Waals surface area contributed by atoms with Crippen LogP contribution >= 0.6 is 27.7 Å². The van der Waals surface area contributed by atoms with Crippen molar-refractivity contribution >= 4 is 50.6 Å². The van der Waals surface area contributed by atoms with E-state index in [0.717, 1.165) is 27.5 Å². The highest BCUT2D eigenvalue weighted by Gasteiger charge is 2.34. The van der Waals surface area contributed by atoms with Crippen LogP contribution in [0.1, 0.15) is 30.9 Å². The van der Waals surface area contributed by atoms with Crippen LogP contribution in [-0.2, 0) is 4.79 Å². The second-order valence-electron chi connectivity index (χ2n) is 6.28. The van der Waals surface area contributed by atoms with Gasteiger partial charge in [0, 0.05) is 10.2 Å². The lowest BCUT2D eigenvalue weighted by atomic mass is 10.0. The molecule has 1 N–H and O–H groups in total. The van der Waals surface area contributed by atoms with Crippen molar-refractivity contribution in [2.75, 3.05) is 12.0 Å². The van der Waals surface area contributed by atoms with Crippen LogP contribution in [0.4, 0.5) is 10.5 Å². The van der Waals surface area contributed by atoms with E-state index >= 15 is 0 Å². The Hall–Kier alpha value is -2.05. The van der Waals surface area contributed by atoms with Gasteiger partial charge in [0.2, 0.25) is 0 Å². The van der Waals surface area contributed by atoms with Crippen LogP contribution in [0.15, 0.2) is 57.9 Å². The standard InChI is InChI=1S/C20H19BrN2O2S/c1-13(2)15-8-6-14(7-9-15)10-18-19(24)23(20(25)26-18)12-22-17-5-3-4-16(21)11-17/h3-11,13,22H,12H2,1-2H3/b18-10-. The fraction of sp³-hybridized carbons (Fsp3) is 0.200. The summed E-state index contributed by atoms with van der Waals surface area (Å²) in [4.78, 5) is 26.4. The number of rotatable bonds is 5. The Labute approximate surface area is 165 Å². The number of nitrogens with one attached hydrogen (secondary N) is 1. The molecular weight excluding hydrogens is 412 g/mol. The minimum atomic E-state index is -0.268. The number of amides is 2. The SMILES string of the molecule is CC(C)c1ccc(/C=C2\SC(=O)N(CNc3cccc(Br)c3)C2=O)cc1. The van der Waals surface area contributed by atoms with Gasteiger partial charge in [-0.3, -0.25) is 14.5 Å². The highest BCUT2D eigenvalue weighted by atomic mass is 79.9. The molecule has 6 heteroatoms. The Kier molecular flexibility index (Phi) is 5.84. The Morgan fingerprint density at radius 1 is 1.15 bits per heavy atom. The molecule has 0 bridgehead atoms. The van der Waals surface area contributed by atoms with Crippen molar-refractivity contribution in [2.45, 2.75) is 19.8 Å². The zero-order chi connectivity index (χ0) is 18.7. The van der Waals surface area contributed by atoms with Crippen LogP contribution in [0, 0.1) is 0 Å². The van der Waals surface area contributed by atoms with E-state index in [1.165, 1.54) is 10.5 Å². The van der Waals surface area contributed by atoms with Crippen molar-refractivity contribution in [3.05, 3.63) is 69.0 Å². The molecule has 0 radical (unpaired) electrons. The molecule has 0 spiro atoms. The van der Waals surface area contributed by atoms with Gasteiger partial charge in [-0.15, -0.1) is 0 Å². The van der Waals surface area contributed by atoms with Gasteiger partial charge in [0.15, 0.2) is 0 Å². The van der Waals surface area contributed by atoms with Gasteiger partial charge in [-0.05, 0) is 53.1 Å². The van der Waals surface area contributed by atoms with E-state index in [2.05, 4.69) is 47.2 Å². The van der Waals surface area contributed by atoms with Gasteiger partial charge in [0.1, 0.15) is 0 Å². The van der Waals surface area contributed by atoms with Gasteiger partial charge in [-0.1, -0.05) is 60.1 Å². The summed E-state index contributed by atoms with van der Waals surface area (Å²) in [6.07, 6.45) is 1.77. The van der Waals surface area contributed by atoms with Gasteiger partial charge in [-0.2, -0.15) is 0 Å². The summed E-state index contributed by atoms with van der Waals surface area (Å²) in [6.45, 7) is 4.42. The average Bonchev–Trinajstić information content (AvgIpc) is 2.87. The molecule has 4 nitrogen and oxygen atoms in total. The van der Waals surface area contributed by atoms with Crippen LogP contribution in [0.5, 0.6) is 0 Å². The number of halogens is 1. The predicted octanol–water partition coefficient (Wildman–Crippen LogP) is 5.68. The van der Waals surface area contributed by atoms with E-state index in [0.29, 0.717) is 10.8 Å². The Morgan fingerprint density at radius 3 is 2.54 bits per heavy atom. The lowest BCUT2D eigenvalue weighted by Gasteiger charge is -2.14. The zero-order valence-electron chi connectivity index (χ0n) is 14.5. The third-order valence-electron chi connectivity index (χ3n) is 4.04. The van der Waals surface area contributed by atoms with Crippen LogP contribution in [-0.4, -0.2) is 22.7 Å². The number of imide groups is 1. The normalized spacial score (nSPS) is 16.0. The van der Waals surface area contributed by atoms with E-state index in [-0.39, 0.29) is 17.8 Å². The summed E-state index contributed by atoms with van der Waals surface area (Å²) in [5.74, 6) is 0.191. The Bertz CT molecular complexity index is 862. The summed E-state index contributed by atoms with van der Waals surface area (Å²) in [6, 6.07) is 15.6. The van der Waals surface area contributed by atoms with Gasteiger partial charge in [-0.25, -0.2) is 0 Å². The average molecular weight is 431 g/mol. The minimum Gasteiger partial charge on any atom is -0.367 e. The van der Waals surface area contributed by atoms with E-state index in [9.17, 15) is 9.59 Å². The summed E-state index contributed by atoms with van der Waals surface area (Å²) >= 11 is 4.37. The fourth-order valence-corrected chi connectivity index (χ4v) is 3.77. The summed E-state index contributed by atoms with van der Waals surface area (Å²) < 4.78 is 0.932. The van der Waals surface area contributed by atoms with Gasteiger partial charge in [0.05, 0.1) is 11.6 Å². The molecule has 2 aromatic carbocycles. The number of hydrogen-bond donors (Lipinski definition) is 1. The molecular formula is C20H19BrN2O2S. The lowest BCUT2D eigenvalue weighted by molar-refractivity contribution is -0.122.